The number of halogens is 2. The van der Waals surface area contributed by atoms with Crippen LogP contribution in [-0.4, -0.2) is 37.9 Å². The Kier molecular flexibility index (Phi) is 4.79. The van der Waals surface area contributed by atoms with Gasteiger partial charge >= 0.3 is 0 Å². The molecule has 8 heteroatoms. The maximum Gasteiger partial charge on any atom is 0.126 e. The van der Waals surface area contributed by atoms with Gasteiger partial charge in [-0.1, -0.05) is 23.2 Å². The third kappa shape index (κ3) is 3.28. The Morgan fingerprint density at radius 2 is 2.19 bits per heavy atom. The summed E-state index contributed by atoms with van der Waals surface area (Å²) in [5.41, 5.74) is 3.95. The minimum Gasteiger partial charge on any atom is -0.391 e. The molecule has 0 spiro atoms. The molecule has 0 saturated carbocycles. The van der Waals surface area contributed by atoms with Crippen molar-refractivity contribution in [3.63, 3.8) is 0 Å². The van der Waals surface area contributed by atoms with E-state index in [1.165, 1.54) is 0 Å². The lowest BCUT2D eigenvalue weighted by Crippen LogP contribution is -2.30. The quantitative estimate of drug-likeness (QED) is 0.709. The van der Waals surface area contributed by atoms with Crippen LogP contribution in [0.1, 0.15) is 22.9 Å². The number of nitrogens with zero attached hydrogens (tertiary/aromatic N) is 4. The molecular weight excluding hydrogens is 391 g/mol. The van der Waals surface area contributed by atoms with Crippen molar-refractivity contribution in [1.29, 1.82) is 0 Å². The van der Waals surface area contributed by atoms with Crippen LogP contribution in [0.2, 0.25) is 10.0 Å². The summed E-state index contributed by atoms with van der Waals surface area (Å²) in [6.45, 7) is 0.627. The van der Waals surface area contributed by atoms with Gasteiger partial charge in [0.2, 0.25) is 0 Å². The zero-order valence-corrected chi connectivity index (χ0v) is 16.7. The molecule has 2 aromatic heterocycles. The Morgan fingerprint density at radius 1 is 1.38 bits per heavy atom. The van der Waals surface area contributed by atoms with Gasteiger partial charge in [0.1, 0.15) is 5.01 Å². The molecule has 1 aromatic carbocycles. The topological polar surface area (TPSA) is 54.2 Å². The van der Waals surface area contributed by atoms with Crippen LogP contribution in [0.5, 0.6) is 0 Å². The van der Waals surface area contributed by atoms with Gasteiger partial charge in [0.15, 0.2) is 0 Å². The van der Waals surface area contributed by atoms with E-state index in [4.69, 9.17) is 28.2 Å². The molecule has 1 aliphatic rings. The molecule has 2 heterocycles. The number of aliphatic hydroxyl groups excluding tert-OH is 1. The molecule has 0 unspecified atom stereocenters. The van der Waals surface area contributed by atoms with Crippen molar-refractivity contribution in [1.82, 2.24) is 19.7 Å². The Balaban J connectivity index is 1.56. The van der Waals surface area contributed by atoms with Crippen LogP contribution in [-0.2, 0) is 20.0 Å². The summed E-state index contributed by atoms with van der Waals surface area (Å²) in [4.78, 5) is 6.81. The fourth-order valence-electron chi connectivity index (χ4n) is 3.56. The Labute approximate surface area is 165 Å². The second-order valence-corrected chi connectivity index (χ2v) is 8.34. The molecule has 0 radical (unpaired) electrons. The summed E-state index contributed by atoms with van der Waals surface area (Å²) < 4.78 is 1.77. The van der Waals surface area contributed by atoms with Crippen LogP contribution in [0.4, 0.5) is 0 Å². The van der Waals surface area contributed by atoms with E-state index in [0.717, 1.165) is 27.4 Å². The molecule has 0 amide bonds. The minimum atomic E-state index is -0.512. The Bertz CT molecular complexity index is 955. The molecule has 5 nitrogen and oxygen atoms in total. The summed E-state index contributed by atoms with van der Waals surface area (Å²) in [6.07, 6.45) is 3.79. The van der Waals surface area contributed by atoms with Gasteiger partial charge in [-0.25, -0.2) is 4.98 Å². The number of rotatable bonds is 4. The zero-order chi connectivity index (χ0) is 18.4. The van der Waals surface area contributed by atoms with Crippen molar-refractivity contribution in [2.24, 2.45) is 7.05 Å². The number of aliphatic hydroxyl groups is 1. The number of hydrogen-bond acceptors (Lipinski definition) is 5. The summed E-state index contributed by atoms with van der Waals surface area (Å²) in [6, 6.07) is 3.49. The van der Waals surface area contributed by atoms with Gasteiger partial charge in [-0.15, -0.1) is 11.3 Å². The SMILES string of the molecule is CN(Cc1csc(-c2cnn(C)c2)n1)[C@H]1c2cc(Cl)cc(Cl)c2C[C@@H]1O. The third-order valence-corrected chi connectivity index (χ3v) is 6.18. The van der Waals surface area contributed by atoms with E-state index >= 15 is 0 Å². The lowest BCUT2D eigenvalue weighted by Gasteiger charge is -2.27. The van der Waals surface area contributed by atoms with E-state index < -0.39 is 6.10 Å². The fraction of sp³-hybridized carbons (Fsp3) is 0.333. The van der Waals surface area contributed by atoms with Gasteiger partial charge in [-0.2, -0.15) is 5.10 Å². The van der Waals surface area contributed by atoms with Crippen molar-refractivity contribution < 1.29 is 5.11 Å². The van der Waals surface area contributed by atoms with Crippen LogP contribution < -0.4 is 0 Å². The second kappa shape index (κ2) is 6.94. The van der Waals surface area contributed by atoms with E-state index in [1.807, 2.05) is 37.9 Å². The zero-order valence-electron chi connectivity index (χ0n) is 14.4. The molecule has 2 atom stereocenters. The molecule has 3 aromatic rings. The maximum atomic E-state index is 10.6. The number of thiazole rings is 1. The minimum absolute atomic E-state index is 0.148. The van der Waals surface area contributed by atoms with Crippen LogP contribution in [0, 0.1) is 0 Å². The second-order valence-electron chi connectivity index (χ2n) is 6.63. The average molecular weight is 409 g/mol. The summed E-state index contributed by atoms with van der Waals surface area (Å²) >= 11 is 14.1. The summed E-state index contributed by atoms with van der Waals surface area (Å²) in [5, 5.41) is 19.0. The van der Waals surface area contributed by atoms with Crippen LogP contribution in [0.15, 0.2) is 29.9 Å². The number of fused-ring (bicyclic) bond motifs is 1. The lowest BCUT2D eigenvalue weighted by molar-refractivity contribution is 0.0719. The van der Waals surface area contributed by atoms with Crippen molar-refractivity contribution >= 4 is 34.5 Å². The molecule has 1 N–H and O–H groups in total. The molecule has 0 fully saturated rings. The maximum absolute atomic E-state index is 10.6. The van der Waals surface area contributed by atoms with Crippen LogP contribution >= 0.6 is 34.5 Å². The van der Waals surface area contributed by atoms with Crippen molar-refractivity contribution in [3.05, 3.63) is 56.8 Å². The van der Waals surface area contributed by atoms with E-state index in [9.17, 15) is 5.11 Å². The first-order valence-corrected chi connectivity index (χ1v) is 9.85. The molecule has 0 saturated heterocycles. The van der Waals surface area contributed by atoms with Crippen molar-refractivity contribution in [2.75, 3.05) is 7.05 Å². The monoisotopic (exact) mass is 408 g/mol. The van der Waals surface area contributed by atoms with Gasteiger partial charge in [0.25, 0.3) is 0 Å². The molecule has 26 heavy (non-hydrogen) atoms. The molecule has 0 aliphatic heterocycles. The van der Waals surface area contributed by atoms with Crippen LogP contribution in [0.3, 0.4) is 0 Å². The number of aromatic nitrogens is 3. The molecule has 0 bridgehead atoms. The normalized spacial score (nSPS) is 19.3. The Hall–Kier alpha value is -1.44. The van der Waals surface area contributed by atoms with Gasteiger partial charge in [0.05, 0.1) is 24.0 Å². The standard InChI is InChI=1S/C18H18Cl2N4OS/c1-23(8-12-9-26-18(22-12)10-6-21-24(2)7-10)17-14-3-11(19)4-15(20)13(14)5-16(17)25/h3-4,6-7,9,16-17,25H,5,8H2,1-2H3/t16-,17-/m0/s1. The smallest absolute Gasteiger partial charge is 0.126 e. The van der Waals surface area contributed by atoms with Gasteiger partial charge in [-0.05, 0) is 30.3 Å². The predicted molar refractivity (Wildman–Crippen MR) is 105 cm³/mol. The summed E-state index contributed by atoms with van der Waals surface area (Å²) in [7, 11) is 3.88. The molecular formula is C18H18Cl2N4OS. The summed E-state index contributed by atoms with van der Waals surface area (Å²) in [5.74, 6) is 0. The van der Waals surface area contributed by atoms with E-state index in [2.05, 4.69) is 10.00 Å². The Morgan fingerprint density at radius 3 is 2.92 bits per heavy atom. The largest absolute Gasteiger partial charge is 0.391 e. The third-order valence-electron chi connectivity index (χ3n) is 4.68. The first-order chi connectivity index (χ1) is 12.4. The van der Waals surface area contributed by atoms with Crippen molar-refractivity contribution in [3.8, 4) is 10.6 Å². The van der Waals surface area contributed by atoms with Gasteiger partial charge < -0.3 is 5.11 Å². The number of likely N-dealkylation sites (N-methyl/N-ethyl adjacent to an activating group) is 1. The van der Waals surface area contributed by atoms with E-state index in [1.54, 1.807) is 22.1 Å². The fourth-order valence-corrected chi connectivity index (χ4v) is 4.93. The number of hydrogen-bond donors (Lipinski definition) is 1. The molecule has 1 aliphatic carbocycles. The van der Waals surface area contributed by atoms with E-state index in [-0.39, 0.29) is 6.04 Å². The highest BCUT2D eigenvalue weighted by atomic mass is 35.5. The van der Waals surface area contributed by atoms with Gasteiger partial charge in [0, 0.05) is 47.2 Å². The number of aryl methyl sites for hydroxylation is 1. The highest BCUT2D eigenvalue weighted by Crippen LogP contribution is 2.41. The van der Waals surface area contributed by atoms with Crippen molar-refractivity contribution in [2.45, 2.75) is 25.1 Å². The van der Waals surface area contributed by atoms with Crippen LogP contribution in [0.25, 0.3) is 10.6 Å². The van der Waals surface area contributed by atoms with E-state index in [0.29, 0.717) is 23.0 Å². The number of benzene rings is 1. The molecule has 136 valence electrons. The lowest BCUT2D eigenvalue weighted by atomic mass is 10.1. The predicted octanol–water partition coefficient (Wildman–Crippen LogP) is 3.94. The van der Waals surface area contributed by atoms with Gasteiger partial charge in [-0.3, -0.25) is 9.58 Å². The average Bonchev–Trinajstić information content (AvgIpc) is 3.26. The molecule has 4 rings (SSSR count). The highest BCUT2D eigenvalue weighted by molar-refractivity contribution is 7.13. The highest BCUT2D eigenvalue weighted by Gasteiger charge is 2.35. The first-order valence-electron chi connectivity index (χ1n) is 8.22. The first kappa shape index (κ1) is 17.9.